The molecule has 1 saturated heterocycles. The van der Waals surface area contributed by atoms with E-state index < -0.39 is 17.4 Å². The standard InChI is InChI=1S/C21H28N2O5/c1-23(11-14-3-2-8-28-14)17-9-12-4-5-15(20(22)26)19(25)18(12)16-10-13(24)6-7-21(16,17)27/h4-5,14,16-17,25,27H,2-3,6-11H2,1H3,(H2,22,26)/t14?,16?,17-,21+/m1/s1. The molecule has 1 amide bonds. The summed E-state index contributed by atoms with van der Waals surface area (Å²) in [6.07, 6.45) is 3.58. The lowest BCUT2D eigenvalue weighted by Crippen LogP contribution is -2.61. The lowest BCUT2D eigenvalue weighted by Gasteiger charge is -2.52. The molecule has 0 radical (unpaired) electrons. The fourth-order valence-electron chi connectivity index (χ4n) is 5.35. The van der Waals surface area contributed by atoms with E-state index >= 15 is 0 Å². The molecule has 1 aromatic rings. The molecule has 7 nitrogen and oxygen atoms in total. The second kappa shape index (κ2) is 7.13. The van der Waals surface area contributed by atoms with Crippen LogP contribution >= 0.6 is 0 Å². The average molecular weight is 388 g/mol. The number of ether oxygens (including phenoxy) is 1. The number of phenols is 1. The van der Waals surface area contributed by atoms with E-state index in [1.54, 1.807) is 6.07 Å². The van der Waals surface area contributed by atoms with Gasteiger partial charge in [-0.15, -0.1) is 0 Å². The molecule has 0 aromatic heterocycles. The maximum absolute atomic E-state index is 12.2. The van der Waals surface area contributed by atoms with Crippen molar-refractivity contribution in [3.8, 4) is 5.75 Å². The first-order chi connectivity index (χ1) is 13.3. The molecule has 1 aliphatic heterocycles. The lowest BCUT2D eigenvalue weighted by atomic mass is 9.61. The van der Waals surface area contributed by atoms with Gasteiger partial charge >= 0.3 is 0 Å². The molecule has 1 heterocycles. The average Bonchev–Trinajstić information content (AvgIpc) is 3.14. The highest BCUT2D eigenvalue weighted by molar-refractivity contribution is 5.96. The number of hydrogen-bond donors (Lipinski definition) is 3. The third-order valence-electron chi connectivity index (χ3n) is 6.80. The summed E-state index contributed by atoms with van der Waals surface area (Å²) in [5.74, 6) is -1.40. The topological polar surface area (TPSA) is 113 Å². The molecule has 0 bridgehead atoms. The number of carbonyl (C=O) groups excluding carboxylic acids is 2. The molecule has 1 aromatic carbocycles. The number of primary amides is 1. The number of aliphatic hydroxyl groups is 1. The number of fused-ring (bicyclic) bond motifs is 3. The van der Waals surface area contributed by atoms with Gasteiger partial charge in [0.15, 0.2) is 0 Å². The molecule has 4 N–H and O–H groups in total. The monoisotopic (exact) mass is 388 g/mol. The summed E-state index contributed by atoms with van der Waals surface area (Å²) < 4.78 is 5.76. The summed E-state index contributed by atoms with van der Waals surface area (Å²) in [5, 5.41) is 22.5. The van der Waals surface area contributed by atoms with Gasteiger partial charge in [-0.25, -0.2) is 0 Å². The number of benzene rings is 1. The van der Waals surface area contributed by atoms with Gasteiger partial charge in [0.05, 0.1) is 17.3 Å². The summed E-state index contributed by atoms with van der Waals surface area (Å²) in [6, 6.07) is 3.13. The first-order valence-electron chi connectivity index (χ1n) is 10.0. The van der Waals surface area contributed by atoms with Gasteiger partial charge in [-0.1, -0.05) is 6.07 Å². The van der Waals surface area contributed by atoms with Gasteiger partial charge in [0.25, 0.3) is 5.91 Å². The van der Waals surface area contributed by atoms with Gasteiger partial charge < -0.3 is 20.7 Å². The van der Waals surface area contributed by atoms with Crippen LogP contribution in [0.3, 0.4) is 0 Å². The van der Waals surface area contributed by atoms with Gasteiger partial charge in [0, 0.05) is 43.5 Å². The minimum absolute atomic E-state index is 0.0327. The fourth-order valence-corrected chi connectivity index (χ4v) is 5.35. The number of carbonyl (C=O) groups is 2. The predicted octanol–water partition coefficient (Wildman–Crippen LogP) is 1.09. The summed E-state index contributed by atoms with van der Waals surface area (Å²) in [6.45, 7) is 1.49. The number of likely N-dealkylation sites (N-methyl/N-ethyl adjacent to an activating group) is 1. The number of Topliss-reactive ketones (excluding diaryl/α,β-unsaturated/α-hetero) is 1. The van der Waals surface area contributed by atoms with E-state index in [0.717, 1.165) is 25.0 Å². The Labute approximate surface area is 164 Å². The summed E-state index contributed by atoms with van der Waals surface area (Å²) in [4.78, 5) is 26.1. The third-order valence-corrected chi connectivity index (χ3v) is 6.80. The number of nitrogens with two attached hydrogens (primary N) is 1. The number of nitrogens with zero attached hydrogens (tertiary/aromatic N) is 1. The van der Waals surface area contributed by atoms with Crippen molar-refractivity contribution in [3.63, 3.8) is 0 Å². The molecule has 2 unspecified atom stereocenters. The van der Waals surface area contributed by atoms with Crippen molar-refractivity contribution < 1.29 is 24.5 Å². The van der Waals surface area contributed by atoms with Crippen molar-refractivity contribution in [2.24, 2.45) is 5.73 Å². The van der Waals surface area contributed by atoms with E-state index in [9.17, 15) is 19.8 Å². The van der Waals surface area contributed by atoms with E-state index in [1.807, 2.05) is 7.05 Å². The van der Waals surface area contributed by atoms with Gasteiger partial charge in [0.1, 0.15) is 11.5 Å². The zero-order chi connectivity index (χ0) is 20.1. The first-order valence-corrected chi connectivity index (χ1v) is 10.0. The highest BCUT2D eigenvalue weighted by atomic mass is 16.5. The maximum atomic E-state index is 12.2. The van der Waals surface area contributed by atoms with Crippen LogP contribution in [0.4, 0.5) is 0 Å². The number of aromatic hydroxyl groups is 1. The Morgan fingerprint density at radius 3 is 2.86 bits per heavy atom. The van der Waals surface area contributed by atoms with Crippen LogP contribution in [0.15, 0.2) is 12.1 Å². The Morgan fingerprint density at radius 2 is 2.18 bits per heavy atom. The Hall–Kier alpha value is -1.96. The quantitative estimate of drug-likeness (QED) is 0.712. The van der Waals surface area contributed by atoms with Crippen LogP contribution in [0, 0.1) is 0 Å². The molecule has 7 heteroatoms. The number of rotatable bonds is 4. The summed E-state index contributed by atoms with van der Waals surface area (Å²) >= 11 is 0. The van der Waals surface area contributed by atoms with E-state index in [-0.39, 0.29) is 35.7 Å². The second-order valence-electron chi connectivity index (χ2n) is 8.48. The van der Waals surface area contributed by atoms with Gasteiger partial charge in [-0.05, 0) is 44.4 Å². The molecular formula is C21H28N2O5. The third kappa shape index (κ3) is 3.11. The molecule has 0 spiro atoms. The largest absolute Gasteiger partial charge is 0.507 e. The Kier molecular flexibility index (Phi) is 4.93. The van der Waals surface area contributed by atoms with Gasteiger partial charge in [-0.3, -0.25) is 14.5 Å². The smallest absolute Gasteiger partial charge is 0.252 e. The molecule has 4 atom stereocenters. The maximum Gasteiger partial charge on any atom is 0.252 e. The van der Waals surface area contributed by atoms with Crippen molar-refractivity contribution in [2.75, 3.05) is 20.2 Å². The molecule has 2 fully saturated rings. The SMILES string of the molecule is CN(CC1CCCO1)[C@@H]1Cc2ccc(C(N)=O)c(O)c2C2CC(=O)CC[C@]21O. The minimum Gasteiger partial charge on any atom is -0.507 e. The molecule has 4 rings (SSSR count). The van der Waals surface area contributed by atoms with Gasteiger partial charge in [-0.2, -0.15) is 0 Å². The molecule has 2 aliphatic carbocycles. The Morgan fingerprint density at radius 1 is 1.39 bits per heavy atom. The minimum atomic E-state index is -1.15. The number of hydrogen-bond acceptors (Lipinski definition) is 6. The zero-order valence-electron chi connectivity index (χ0n) is 16.2. The number of amides is 1. The van der Waals surface area contributed by atoms with Gasteiger partial charge in [0.2, 0.25) is 0 Å². The van der Waals surface area contributed by atoms with Crippen LogP contribution in [0.2, 0.25) is 0 Å². The fraction of sp³-hybridized carbons (Fsp3) is 0.619. The van der Waals surface area contributed by atoms with E-state index in [4.69, 9.17) is 10.5 Å². The second-order valence-corrected chi connectivity index (χ2v) is 8.48. The molecule has 1 saturated carbocycles. The predicted molar refractivity (Wildman–Crippen MR) is 102 cm³/mol. The van der Waals surface area contributed by atoms with Crippen LogP contribution in [-0.4, -0.2) is 64.7 Å². The van der Waals surface area contributed by atoms with Crippen molar-refractivity contribution in [2.45, 2.75) is 62.2 Å². The van der Waals surface area contributed by atoms with Crippen LogP contribution in [0.5, 0.6) is 5.75 Å². The van der Waals surface area contributed by atoms with Crippen molar-refractivity contribution in [1.82, 2.24) is 4.90 Å². The molecular weight excluding hydrogens is 360 g/mol. The lowest BCUT2D eigenvalue weighted by molar-refractivity contribution is -0.135. The summed E-state index contributed by atoms with van der Waals surface area (Å²) in [5.41, 5.74) is 5.64. The zero-order valence-corrected chi connectivity index (χ0v) is 16.2. The van der Waals surface area contributed by atoms with Crippen molar-refractivity contribution in [3.05, 3.63) is 28.8 Å². The normalized spacial score (nSPS) is 32.2. The Bertz CT molecular complexity index is 804. The highest BCUT2D eigenvalue weighted by Gasteiger charge is 2.54. The van der Waals surface area contributed by atoms with Crippen LogP contribution in [0.1, 0.15) is 59.5 Å². The summed E-state index contributed by atoms with van der Waals surface area (Å²) in [7, 11) is 1.99. The van der Waals surface area contributed by atoms with Crippen LogP contribution < -0.4 is 5.73 Å². The molecule has 3 aliphatic rings. The van der Waals surface area contributed by atoms with Crippen LogP contribution in [-0.2, 0) is 16.0 Å². The molecule has 28 heavy (non-hydrogen) atoms. The van der Waals surface area contributed by atoms with Crippen molar-refractivity contribution in [1.29, 1.82) is 0 Å². The van der Waals surface area contributed by atoms with Crippen molar-refractivity contribution >= 4 is 11.7 Å². The van der Waals surface area contributed by atoms with E-state index in [0.29, 0.717) is 31.4 Å². The Balaban J connectivity index is 1.74. The molecule has 152 valence electrons. The van der Waals surface area contributed by atoms with E-state index in [1.165, 1.54) is 6.07 Å². The first kappa shape index (κ1) is 19.4. The van der Waals surface area contributed by atoms with E-state index in [2.05, 4.69) is 4.90 Å². The number of ketones is 1. The highest BCUT2D eigenvalue weighted by Crippen LogP contribution is 2.51. The van der Waals surface area contributed by atoms with Crippen LogP contribution in [0.25, 0.3) is 0 Å².